The highest BCUT2D eigenvalue weighted by atomic mass is 16.5. The quantitative estimate of drug-likeness (QED) is 0.422. The number of hydrogen-bond acceptors (Lipinski definition) is 3. The van der Waals surface area contributed by atoms with E-state index >= 15 is 0 Å². The maximum Gasteiger partial charge on any atom is 0.217 e. The predicted octanol–water partition coefficient (Wildman–Crippen LogP) is 1.89. The van der Waals surface area contributed by atoms with E-state index in [0.717, 1.165) is 51.5 Å². The van der Waals surface area contributed by atoms with Crippen LogP contribution in [0.1, 0.15) is 57.8 Å². The molecule has 0 radical (unpaired) electrons. The molecule has 0 aromatic heterocycles. The number of hydrogen-bond donors (Lipinski definition) is 2. The van der Waals surface area contributed by atoms with Crippen molar-refractivity contribution in [3.8, 4) is 0 Å². The fourth-order valence-electron chi connectivity index (χ4n) is 3.80. The molecule has 1 atom stereocenters. The van der Waals surface area contributed by atoms with Gasteiger partial charge >= 0.3 is 0 Å². The van der Waals surface area contributed by atoms with Crippen LogP contribution >= 0.6 is 0 Å². The van der Waals surface area contributed by atoms with Gasteiger partial charge in [0.05, 0.1) is 6.10 Å². The Hall–Kier alpha value is -1.30. The maximum atomic E-state index is 11.1. The molecule has 2 aliphatic rings. The van der Waals surface area contributed by atoms with Crippen LogP contribution in [0.25, 0.3) is 0 Å². The lowest BCUT2D eigenvalue weighted by Crippen LogP contribution is -2.47. The van der Waals surface area contributed by atoms with Gasteiger partial charge in [0.25, 0.3) is 0 Å². The van der Waals surface area contributed by atoms with Crippen LogP contribution in [0.5, 0.6) is 0 Å². The molecule has 0 spiro atoms. The third-order valence-electron chi connectivity index (χ3n) is 5.03. The van der Waals surface area contributed by atoms with Crippen molar-refractivity contribution in [1.82, 2.24) is 10.2 Å². The molecular weight excluding hydrogens is 304 g/mol. The largest absolute Gasteiger partial charge is 0.378 e. The molecule has 138 valence electrons. The van der Waals surface area contributed by atoms with E-state index in [1.807, 2.05) is 7.05 Å². The number of aliphatic imine (C=N–C) groups is 1. The van der Waals surface area contributed by atoms with Crippen LogP contribution in [0.3, 0.4) is 0 Å². The number of ether oxygens (including phenoxy) is 1. The van der Waals surface area contributed by atoms with E-state index in [1.165, 1.54) is 32.1 Å². The van der Waals surface area contributed by atoms with Crippen LogP contribution in [0.15, 0.2) is 4.99 Å². The summed E-state index contributed by atoms with van der Waals surface area (Å²) in [5.74, 6) is 1.08. The molecule has 2 fully saturated rings. The number of guanidine groups is 1. The molecule has 1 saturated carbocycles. The normalized spacial score (nSPS) is 23.3. The number of carbonyl (C=O) groups is 1. The number of primary amides is 1. The zero-order valence-electron chi connectivity index (χ0n) is 15.1. The van der Waals surface area contributed by atoms with Gasteiger partial charge in [0, 0.05) is 39.7 Å². The molecule has 6 heteroatoms. The lowest BCUT2D eigenvalue weighted by molar-refractivity contribution is -0.119. The summed E-state index contributed by atoms with van der Waals surface area (Å²) < 4.78 is 5.96. The van der Waals surface area contributed by atoms with Crippen molar-refractivity contribution in [2.24, 2.45) is 16.6 Å². The van der Waals surface area contributed by atoms with Crippen molar-refractivity contribution in [3.63, 3.8) is 0 Å². The summed E-state index contributed by atoms with van der Waals surface area (Å²) in [6, 6.07) is 0. The summed E-state index contributed by atoms with van der Waals surface area (Å²) >= 11 is 0. The molecule has 1 amide bonds. The van der Waals surface area contributed by atoms with E-state index in [-0.39, 0.29) is 5.91 Å². The van der Waals surface area contributed by atoms with Crippen molar-refractivity contribution >= 4 is 11.9 Å². The van der Waals surface area contributed by atoms with E-state index in [1.54, 1.807) is 0 Å². The van der Waals surface area contributed by atoms with Crippen LogP contribution < -0.4 is 11.1 Å². The van der Waals surface area contributed by atoms with Gasteiger partial charge in [-0.25, -0.2) is 0 Å². The second-order valence-electron chi connectivity index (χ2n) is 7.08. The van der Waals surface area contributed by atoms with E-state index < -0.39 is 0 Å². The molecule has 1 unspecified atom stereocenters. The maximum absolute atomic E-state index is 11.1. The van der Waals surface area contributed by atoms with Gasteiger partial charge < -0.3 is 20.7 Å². The third kappa shape index (κ3) is 6.67. The molecule has 6 nitrogen and oxygen atoms in total. The highest BCUT2D eigenvalue weighted by Crippen LogP contribution is 2.20. The highest BCUT2D eigenvalue weighted by molar-refractivity contribution is 5.80. The van der Waals surface area contributed by atoms with Crippen LogP contribution in [-0.2, 0) is 9.53 Å². The summed E-state index contributed by atoms with van der Waals surface area (Å²) in [6.45, 7) is 3.55. The van der Waals surface area contributed by atoms with Crippen molar-refractivity contribution in [2.45, 2.75) is 63.9 Å². The molecule has 1 aliphatic carbocycles. The third-order valence-corrected chi connectivity index (χ3v) is 5.03. The minimum atomic E-state index is -0.204. The second kappa shape index (κ2) is 10.5. The van der Waals surface area contributed by atoms with Gasteiger partial charge in [0.1, 0.15) is 0 Å². The Morgan fingerprint density at radius 3 is 2.75 bits per heavy atom. The number of carbonyl (C=O) groups excluding carboxylic acids is 1. The van der Waals surface area contributed by atoms with E-state index in [4.69, 9.17) is 10.5 Å². The van der Waals surface area contributed by atoms with Gasteiger partial charge in [-0.3, -0.25) is 9.79 Å². The average molecular weight is 338 g/mol. The zero-order valence-corrected chi connectivity index (χ0v) is 15.1. The SMILES string of the molecule is CN=C(NCCCOC1CCCCC1)N1CCCC(CC(N)=O)C1. The van der Waals surface area contributed by atoms with Gasteiger partial charge in [-0.2, -0.15) is 0 Å². The lowest BCUT2D eigenvalue weighted by Gasteiger charge is -2.34. The number of nitrogens with one attached hydrogen (secondary N) is 1. The first-order chi connectivity index (χ1) is 11.7. The highest BCUT2D eigenvalue weighted by Gasteiger charge is 2.23. The summed E-state index contributed by atoms with van der Waals surface area (Å²) in [5, 5.41) is 3.43. The van der Waals surface area contributed by atoms with Crippen LogP contribution in [0.2, 0.25) is 0 Å². The first-order valence-electron chi connectivity index (χ1n) is 9.54. The molecule has 1 saturated heterocycles. The fourth-order valence-corrected chi connectivity index (χ4v) is 3.80. The van der Waals surface area contributed by atoms with Gasteiger partial charge in [0.2, 0.25) is 5.91 Å². The number of amides is 1. The van der Waals surface area contributed by atoms with Crippen LogP contribution in [-0.4, -0.2) is 56.2 Å². The Morgan fingerprint density at radius 1 is 1.25 bits per heavy atom. The standard InChI is InChI=1S/C18H34N4O2/c1-20-18(22-11-5-7-15(14-22)13-17(19)23)21-10-6-12-24-16-8-3-2-4-9-16/h15-16H,2-14H2,1H3,(H2,19,23)(H,20,21). The summed E-state index contributed by atoms with van der Waals surface area (Å²) in [4.78, 5) is 17.8. The monoisotopic (exact) mass is 338 g/mol. The minimum absolute atomic E-state index is 0.204. The molecule has 1 aliphatic heterocycles. The second-order valence-corrected chi connectivity index (χ2v) is 7.08. The van der Waals surface area contributed by atoms with Crippen molar-refractivity contribution in [2.75, 3.05) is 33.3 Å². The van der Waals surface area contributed by atoms with Gasteiger partial charge in [-0.05, 0) is 38.0 Å². The molecule has 3 N–H and O–H groups in total. The van der Waals surface area contributed by atoms with Gasteiger partial charge in [-0.15, -0.1) is 0 Å². The number of nitrogens with two attached hydrogens (primary N) is 1. The number of nitrogens with zero attached hydrogens (tertiary/aromatic N) is 2. The molecule has 0 aromatic rings. The number of rotatable bonds is 7. The van der Waals surface area contributed by atoms with Crippen molar-refractivity contribution in [3.05, 3.63) is 0 Å². The van der Waals surface area contributed by atoms with E-state index in [0.29, 0.717) is 18.4 Å². The Kier molecular flexibility index (Phi) is 8.36. The smallest absolute Gasteiger partial charge is 0.217 e. The van der Waals surface area contributed by atoms with E-state index in [9.17, 15) is 4.79 Å². The fraction of sp³-hybridized carbons (Fsp3) is 0.889. The van der Waals surface area contributed by atoms with Gasteiger partial charge in [0.15, 0.2) is 5.96 Å². The van der Waals surface area contributed by atoms with Gasteiger partial charge in [-0.1, -0.05) is 19.3 Å². The Bertz CT molecular complexity index is 408. The predicted molar refractivity (Wildman–Crippen MR) is 96.9 cm³/mol. The Balaban J connectivity index is 1.63. The zero-order chi connectivity index (χ0) is 17.2. The minimum Gasteiger partial charge on any atom is -0.378 e. The summed E-state index contributed by atoms with van der Waals surface area (Å²) in [5.41, 5.74) is 5.34. The number of likely N-dealkylation sites (tertiary alicyclic amines) is 1. The Morgan fingerprint density at radius 2 is 2.04 bits per heavy atom. The Labute approximate surface area is 146 Å². The number of piperidine rings is 1. The first kappa shape index (κ1) is 19.0. The molecule has 2 rings (SSSR count). The molecule has 24 heavy (non-hydrogen) atoms. The lowest BCUT2D eigenvalue weighted by atomic mass is 9.95. The molecule has 0 aromatic carbocycles. The van der Waals surface area contributed by atoms with Crippen molar-refractivity contribution in [1.29, 1.82) is 0 Å². The molecular formula is C18H34N4O2. The first-order valence-corrected chi connectivity index (χ1v) is 9.54. The summed E-state index contributed by atoms with van der Waals surface area (Å²) in [6.07, 6.45) is 10.6. The summed E-state index contributed by atoms with van der Waals surface area (Å²) in [7, 11) is 1.82. The van der Waals surface area contributed by atoms with Crippen LogP contribution in [0, 0.1) is 5.92 Å². The van der Waals surface area contributed by atoms with Crippen LogP contribution in [0.4, 0.5) is 0 Å². The van der Waals surface area contributed by atoms with Crippen molar-refractivity contribution < 1.29 is 9.53 Å². The topological polar surface area (TPSA) is 80.0 Å². The van der Waals surface area contributed by atoms with E-state index in [2.05, 4.69) is 15.2 Å². The molecule has 1 heterocycles. The molecule has 0 bridgehead atoms. The average Bonchev–Trinajstić information content (AvgIpc) is 2.58.